The zero-order chi connectivity index (χ0) is 9.97. The normalized spacial score (nSPS) is 10.0. The summed E-state index contributed by atoms with van der Waals surface area (Å²) in [6.07, 6.45) is 2.05. The van der Waals surface area contributed by atoms with Gasteiger partial charge in [-0.2, -0.15) is 5.26 Å². The van der Waals surface area contributed by atoms with Gasteiger partial charge in [0.1, 0.15) is 0 Å². The van der Waals surface area contributed by atoms with Gasteiger partial charge in [-0.15, -0.1) is 0 Å². The zero-order valence-corrected chi connectivity index (χ0v) is 7.99. The monoisotopic (exact) mass is 203 g/mol. The van der Waals surface area contributed by atoms with Crippen molar-refractivity contribution in [3.63, 3.8) is 0 Å². The smallest absolute Gasteiger partial charge is 0.222 e. The predicted molar refractivity (Wildman–Crippen MR) is 53.9 cm³/mol. The van der Waals surface area contributed by atoms with E-state index in [1.54, 1.807) is 6.20 Å². The second-order valence-electron chi connectivity index (χ2n) is 2.87. The summed E-state index contributed by atoms with van der Waals surface area (Å²) in [6.45, 7) is 0. The second kappa shape index (κ2) is 3.60. The summed E-state index contributed by atoms with van der Waals surface area (Å²) in [5, 5.41) is 9.69. The van der Waals surface area contributed by atoms with Gasteiger partial charge in [0, 0.05) is 11.6 Å². The molecule has 0 aliphatic rings. The first-order valence-electron chi connectivity index (χ1n) is 4.08. The largest absolute Gasteiger partial charge is 0.226 e. The Morgan fingerprint density at radius 2 is 2.29 bits per heavy atom. The van der Waals surface area contributed by atoms with Gasteiger partial charge in [0.25, 0.3) is 0 Å². The van der Waals surface area contributed by atoms with Crippen LogP contribution in [0.4, 0.5) is 0 Å². The van der Waals surface area contributed by atoms with E-state index in [4.69, 9.17) is 16.9 Å². The first-order chi connectivity index (χ1) is 6.79. The van der Waals surface area contributed by atoms with Crippen LogP contribution in [0.15, 0.2) is 24.4 Å². The molecule has 1 heterocycles. The maximum absolute atomic E-state index is 8.54. The lowest BCUT2D eigenvalue weighted by Crippen LogP contribution is -1.86. The number of hydrogen-bond acceptors (Lipinski definition) is 3. The van der Waals surface area contributed by atoms with Crippen molar-refractivity contribution in [3.05, 3.63) is 35.2 Å². The zero-order valence-electron chi connectivity index (χ0n) is 7.24. The molecule has 0 unspecified atom stereocenters. The third kappa shape index (κ3) is 1.66. The molecule has 4 heteroatoms. The Kier molecular flexibility index (Phi) is 2.30. The standard InChI is InChI=1S/C10H6ClN3/c11-10-13-6-8-2-1-7(3-4-12)5-9(8)14-10/h1-2,5-6H,3H2. The fraction of sp³-hybridized carbons (Fsp3) is 0.100. The molecule has 0 saturated heterocycles. The summed E-state index contributed by atoms with van der Waals surface area (Å²) in [6, 6.07) is 7.72. The molecule has 0 aliphatic heterocycles. The summed E-state index contributed by atoms with van der Waals surface area (Å²) in [7, 11) is 0. The molecule has 0 saturated carbocycles. The number of halogens is 1. The molecular formula is C10H6ClN3. The lowest BCUT2D eigenvalue weighted by molar-refractivity contribution is 1.21. The fourth-order valence-electron chi connectivity index (χ4n) is 1.25. The van der Waals surface area contributed by atoms with Crippen LogP contribution in [-0.4, -0.2) is 9.97 Å². The Balaban J connectivity index is 2.59. The van der Waals surface area contributed by atoms with E-state index in [0.29, 0.717) is 6.42 Å². The molecule has 0 aliphatic carbocycles. The van der Waals surface area contributed by atoms with Gasteiger partial charge in [-0.05, 0) is 23.2 Å². The third-order valence-corrected chi connectivity index (χ3v) is 2.08. The minimum Gasteiger partial charge on any atom is -0.226 e. The maximum atomic E-state index is 8.54. The van der Waals surface area contributed by atoms with Crippen LogP contribution in [0.3, 0.4) is 0 Å². The molecule has 0 fully saturated rings. The van der Waals surface area contributed by atoms with Crippen molar-refractivity contribution in [1.82, 2.24) is 9.97 Å². The van der Waals surface area contributed by atoms with Gasteiger partial charge in [0.15, 0.2) is 0 Å². The van der Waals surface area contributed by atoms with Crippen LogP contribution in [0.5, 0.6) is 0 Å². The van der Waals surface area contributed by atoms with E-state index in [1.165, 1.54) is 0 Å². The van der Waals surface area contributed by atoms with E-state index in [1.807, 2.05) is 18.2 Å². The fourth-order valence-corrected chi connectivity index (χ4v) is 1.39. The highest BCUT2D eigenvalue weighted by Crippen LogP contribution is 2.15. The minimum atomic E-state index is 0.228. The highest BCUT2D eigenvalue weighted by atomic mass is 35.5. The molecule has 14 heavy (non-hydrogen) atoms. The van der Waals surface area contributed by atoms with Gasteiger partial charge < -0.3 is 0 Å². The van der Waals surface area contributed by atoms with Gasteiger partial charge in [-0.25, -0.2) is 9.97 Å². The van der Waals surface area contributed by atoms with Crippen LogP contribution in [0.25, 0.3) is 10.9 Å². The number of nitrogens with zero attached hydrogens (tertiary/aromatic N) is 3. The van der Waals surface area contributed by atoms with Crippen molar-refractivity contribution in [2.24, 2.45) is 0 Å². The predicted octanol–water partition coefficient (Wildman–Crippen LogP) is 2.35. The maximum Gasteiger partial charge on any atom is 0.222 e. The van der Waals surface area contributed by atoms with E-state index < -0.39 is 0 Å². The van der Waals surface area contributed by atoms with Crippen LogP contribution < -0.4 is 0 Å². The second-order valence-corrected chi connectivity index (χ2v) is 3.21. The summed E-state index contributed by atoms with van der Waals surface area (Å²) >= 11 is 5.66. The van der Waals surface area contributed by atoms with E-state index in [2.05, 4.69) is 16.0 Å². The molecule has 0 bridgehead atoms. The van der Waals surface area contributed by atoms with Crippen molar-refractivity contribution < 1.29 is 0 Å². The number of fused-ring (bicyclic) bond motifs is 1. The number of rotatable bonds is 1. The first-order valence-corrected chi connectivity index (χ1v) is 4.45. The first kappa shape index (κ1) is 8.92. The van der Waals surface area contributed by atoms with E-state index in [9.17, 15) is 0 Å². The summed E-state index contributed by atoms with van der Waals surface area (Å²) in [5.74, 6) is 0. The van der Waals surface area contributed by atoms with Crippen LogP contribution in [0, 0.1) is 11.3 Å². The topological polar surface area (TPSA) is 49.6 Å². The molecule has 1 aromatic carbocycles. The van der Waals surface area contributed by atoms with E-state index in [0.717, 1.165) is 16.5 Å². The van der Waals surface area contributed by atoms with Gasteiger partial charge in [0.05, 0.1) is 18.0 Å². The summed E-state index contributed by atoms with van der Waals surface area (Å²) in [5.41, 5.74) is 1.72. The number of hydrogen-bond donors (Lipinski definition) is 0. The number of nitriles is 1. The molecule has 1 aromatic heterocycles. The van der Waals surface area contributed by atoms with Crippen molar-refractivity contribution in [2.45, 2.75) is 6.42 Å². The van der Waals surface area contributed by atoms with Crippen LogP contribution in [0.2, 0.25) is 5.28 Å². The average Bonchev–Trinajstić information content (AvgIpc) is 2.17. The number of aromatic nitrogens is 2. The molecule has 3 nitrogen and oxygen atoms in total. The van der Waals surface area contributed by atoms with Crippen molar-refractivity contribution in [3.8, 4) is 6.07 Å². The number of benzene rings is 1. The molecule has 0 atom stereocenters. The van der Waals surface area contributed by atoms with Crippen molar-refractivity contribution in [1.29, 1.82) is 5.26 Å². The Labute approximate surface area is 86.0 Å². The Bertz CT molecular complexity index is 516. The van der Waals surface area contributed by atoms with Gasteiger partial charge >= 0.3 is 0 Å². The lowest BCUT2D eigenvalue weighted by Gasteiger charge is -1.98. The van der Waals surface area contributed by atoms with Gasteiger partial charge in [-0.1, -0.05) is 12.1 Å². The Hall–Kier alpha value is -1.66. The quantitative estimate of drug-likeness (QED) is 0.669. The molecule has 2 aromatic rings. The average molecular weight is 204 g/mol. The highest BCUT2D eigenvalue weighted by molar-refractivity contribution is 6.28. The molecular weight excluding hydrogens is 198 g/mol. The molecule has 0 amide bonds. The molecule has 0 spiro atoms. The van der Waals surface area contributed by atoms with Gasteiger partial charge in [0.2, 0.25) is 5.28 Å². The summed E-state index contributed by atoms with van der Waals surface area (Å²) < 4.78 is 0. The van der Waals surface area contributed by atoms with Crippen LogP contribution in [-0.2, 0) is 6.42 Å². The highest BCUT2D eigenvalue weighted by Gasteiger charge is 1.99. The molecule has 0 N–H and O–H groups in total. The Morgan fingerprint density at radius 1 is 1.43 bits per heavy atom. The van der Waals surface area contributed by atoms with E-state index >= 15 is 0 Å². The molecule has 2 rings (SSSR count). The summed E-state index contributed by atoms with van der Waals surface area (Å²) in [4.78, 5) is 7.94. The lowest BCUT2D eigenvalue weighted by atomic mass is 10.1. The molecule has 0 radical (unpaired) electrons. The molecule has 68 valence electrons. The van der Waals surface area contributed by atoms with Crippen molar-refractivity contribution >= 4 is 22.5 Å². The van der Waals surface area contributed by atoms with Crippen LogP contribution >= 0.6 is 11.6 Å². The van der Waals surface area contributed by atoms with Crippen molar-refractivity contribution in [2.75, 3.05) is 0 Å². The SMILES string of the molecule is N#CCc1ccc2cnc(Cl)nc2c1. The van der Waals surface area contributed by atoms with E-state index in [-0.39, 0.29) is 5.28 Å². The minimum absolute atomic E-state index is 0.228. The Morgan fingerprint density at radius 3 is 3.07 bits per heavy atom. The van der Waals surface area contributed by atoms with Gasteiger partial charge in [-0.3, -0.25) is 0 Å². The van der Waals surface area contributed by atoms with Crippen LogP contribution in [0.1, 0.15) is 5.56 Å². The third-order valence-electron chi connectivity index (χ3n) is 1.90.